The van der Waals surface area contributed by atoms with E-state index < -0.39 is 54.9 Å². The lowest BCUT2D eigenvalue weighted by Gasteiger charge is -2.37. The van der Waals surface area contributed by atoms with Crippen LogP contribution in [0.4, 0.5) is 4.39 Å². The van der Waals surface area contributed by atoms with E-state index in [2.05, 4.69) is 22.5 Å². The van der Waals surface area contributed by atoms with E-state index >= 15 is 4.39 Å². The maximum absolute atomic E-state index is 16.6. The van der Waals surface area contributed by atoms with Crippen molar-refractivity contribution in [2.24, 2.45) is 5.92 Å². The molecule has 4 fully saturated rings. The summed E-state index contributed by atoms with van der Waals surface area (Å²) >= 11 is 1.17. The third kappa shape index (κ3) is 8.71. The molecule has 1 unspecified atom stereocenters. The Kier molecular flexibility index (Phi) is 12.8. The normalized spacial score (nSPS) is 24.5. The third-order valence-corrected chi connectivity index (χ3v) is 16.2. The van der Waals surface area contributed by atoms with E-state index in [-0.39, 0.29) is 46.6 Å². The average Bonchev–Trinajstić information content (AvgIpc) is 3.61. The zero-order valence-electron chi connectivity index (χ0n) is 35.2. The monoisotopic (exact) mass is 892 g/mol. The van der Waals surface area contributed by atoms with Gasteiger partial charge in [-0.1, -0.05) is 56.2 Å². The van der Waals surface area contributed by atoms with Gasteiger partial charge in [0.2, 0.25) is 17.7 Å². The summed E-state index contributed by atoms with van der Waals surface area (Å²) in [6.45, 7) is 3.74. The quantitative estimate of drug-likeness (QED) is 0.0979. The van der Waals surface area contributed by atoms with E-state index in [1.165, 1.54) is 42.5 Å². The molecule has 1 aliphatic carbocycles. The molecule has 3 amide bonds. The van der Waals surface area contributed by atoms with Gasteiger partial charge in [-0.15, -0.1) is 11.3 Å². The molecule has 4 aliphatic rings. The molecule has 328 valence electrons. The number of nitrogens with one attached hydrogen (secondary N) is 2. The Hall–Kier alpha value is -5.60. The van der Waals surface area contributed by atoms with Crippen LogP contribution in [0, 0.1) is 28.6 Å². The zero-order valence-corrected chi connectivity index (χ0v) is 36.9. The van der Waals surface area contributed by atoms with Gasteiger partial charge >= 0.3 is 13.5 Å². The summed E-state index contributed by atoms with van der Waals surface area (Å²) in [4.78, 5) is 59.7. The summed E-state index contributed by atoms with van der Waals surface area (Å²) in [6, 6.07) is 23.3. The lowest BCUT2D eigenvalue weighted by Crippen LogP contribution is -2.57. The van der Waals surface area contributed by atoms with Crippen LogP contribution in [0.2, 0.25) is 0 Å². The third-order valence-electron chi connectivity index (χ3n) is 12.9. The van der Waals surface area contributed by atoms with Crippen LogP contribution in [0.15, 0.2) is 78.9 Å². The van der Waals surface area contributed by atoms with Crippen molar-refractivity contribution in [1.82, 2.24) is 20.2 Å². The summed E-state index contributed by atoms with van der Waals surface area (Å²) < 4.78 is 42.5. The lowest BCUT2D eigenvalue weighted by atomic mass is 9.84. The van der Waals surface area contributed by atoms with Gasteiger partial charge in [-0.05, 0) is 111 Å². The number of halogens is 1. The topological polar surface area (TPSA) is 182 Å². The average molecular weight is 893 g/mol. The number of carbonyl (C=O) groups is 4. The predicted octanol–water partition coefficient (Wildman–Crippen LogP) is 8.27. The van der Waals surface area contributed by atoms with Crippen molar-refractivity contribution in [1.29, 1.82) is 10.5 Å². The fraction of sp³-hybridized carbons (Fsp3) is 0.447. The van der Waals surface area contributed by atoms with Gasteiger partial charge in [0.1, 0.15) is 23.9 Å². The number of nitriles is 2. The molecule has 0 bridgehead atoms. The van der Waals surface area contributed by atoms with Crippen molar-refractivity contribution >= 4 is 52.6 Å². The number of likely N-dealkylation sites (tertiary alicyclic amines) is 1. The number of hydrogen-bond donors (Lipinski definition) is 2. The molecule has 4 heterocycles. The first-order valence-corrected chi connectivity index (χ1v) is 24.2. The summed E-state index contributed by atoms with van der Waals surface area (Å²) in [5.74, 6) is -4.42. The summed E-state index contributed by atoms with van der Waals surface area (Å²) in [6.07, 6.45) is 5.80. The number of nitrogens with zero attached hydrogens (tertiary/aromatic N) is 4. The minimum atomic E-state index is -4.47. The van der Waals surface area contributed by atoms with E-state index in [1.54, 1.807) is 53.4 Å². The fourth-order valence-corrected chi connectivity index (χ4v) is 12.5. The Morgan fingerprint density at radius 2 is 1.78 bits per heavy atom. The van der Waals surface area contributed by atoms with Crippen molar-refractivity contribution in [3.8, 4) is 17.9 Å². The standard InChI is InChI=1S/C47H50FN6O7PS/c1-3-22-60-46(58)29(2)52-62(59,61-35-13-5-4-6-14-35)42(48)32-16-19-40-33(24-32)25-41(63-40)43(55)51-38-15-8-7-12-34-17-18-39(54(34)44(38)56)45(57)53-28-36(37(27-50)47(53)20-21-47)31-11-9-10-30(23-31)26-49/h4-6,9-11,13-14,16,19,23-25,29,34,36-39,42H,3,7-8,12,15,17-18,20-22,28H2,1-2H3,(H,51,55)(H,52,59)/t29-,34-,36+,37+,38-,39-,42+,62?/m0/s1. The Bertz CT molecular complexity index is 2540. The van der Waals surface area contributed by atoms with Crippen LogP contribution < -0.4 is 14.9 Å². The molecule has 1 aromatic heterocycles. The first-order chi connectivity index (χ1) is 30.4. The molecule has 16 heteroatoms. The minimum absolute atomic E-state index is 0.00760. The predicted molar refractivity (Wildman–Crippen MR) is 234 cm³/mol. The van der Waals surface area contributed by atoms with Gasteiger partial charge < -0.3 is 24.4 Å². The Labute approximate surface area is 370 Å². The van der Waals surface area contributed by atoms with Crippen LogP contribution >= 0.6 is 18.9 Å². The molecular formula is C47H50FN6O7PS. The number of fused-ring (bicyclic) bond motifs is 2. The summed E-state index contributed by atoms with van der Waals surface area (Å²) in [5, 5.41) is 26.0. The van der Waals surface area contributed by atoms with Gasteiger partial charge in [0.15, 0.2) is 0 Å². The van der Waals surface area contributed by atoms with Crippen LogP contribution in [0.3, 0.4) is 0 Å². The van der Waals surface area contributed by atoms with E-state index in [0.29, 0.717) is 67.1 Å². The highest BCUT2D eigenvalue weighted by Crippen LogP contribution is 2.59. The lowest BCUT2D eigenvalue weighted by molar-refractivity contribution is -0.148. The number of carbonyl (C=O) groups excluding carboxylic acids is 4. The first kappa shape index (κ1) is 44.0. The number of amides is 3. The van der Waals surface area contributed by atoms with Crippen LogP contribution in [0.5, 0.6) is 5.75 Å². The smallest absolute Gasteiger partial charge is 0.355 e. The molecule has 13 nitrogen and oxygen atoms in total. The molecule has 0 radical (unpaired) electrons. The number of thiophene rings is 1. The van der Waals surface area contributed by atoms with E-state index in [9.17, 15) is 34.3 Å². The molecule has 8 atom stereocenters. The van der Waals surface area contributed by atoms with E-state index in [1.807, 2.05) is 17.9 Å². The molecule has 1 saturated carbocycles. The number of alkyl halides is 1. The Morgan fingerprint density at radius 1 is 1.00 bits per heavy atom. The molecule has 4 aromatic rings. The van der Waals surface area contributed by atoms with Gasteiger partial charge in [-0.3, -0.25) is 23.7 Å². The number of rotatable bonds is 13. The molecular weight excluding hydrogens is 843 g/mol. The molecule has 63 heavy (non-hydrogen) atoms. The van der Waals surface area contributed by atoms with Crippen molar-refractivity contribution in [3.63, 3.8) is 0 Å². The number of hydrogen-bond acceptors (Lipinski definition) is 10. The van der Waals surface area contributed by atoms with Gasteiger partial charge in [0.05, 0.1) is 40.6 Å². The largest absolute Gasteiger partial charge is 0.465 e. The van der Waals surface area contributed by atoms with Crippen molar-refractivity contribution < 1.29 is 37.4 Å². The Balaban J connectivity index is 0.993. The highest BCUT2D eigenvalue weighted by Gasteiger charge is 2.64. The molecule has 3 aromatic carbocycles. The second kappa shape index (κ2) is 18.2. The zero-order chi connectivity index (χ0) is 44.5. The van der Waals surface area contributed by atoms with Gasteiger partial charge in [0, 0.05) is 23.2 Å². The first-order valence-electron chi connectivity index (χ1n) is 21.7. The second-order valence-electron chi connectivity index (χ2n) is 17.1. The highest BCUT2D eigenvalue weighted by atomic mass is 32.1. The van der Waals surface area contributed by atoms with Gasteiger partial charge in [-0.25, -0.2) is 9.48 Å². The number of esters is 1. The number of ether oxygens (including phenoxy) is 1. The van der Waals surface area contributed by atoms with Crippen molar-refractivity contribution in [3.05, 3.63) is 100 Å². The molecule has 3 saturated heterocycles. The molecule has 2 N–H and O–H groups in total. The Morgan fingerprint density at radius 3 is 2.51 bits per heavy atom. The van der Waals surface area contributed by atoms with Crippen LogP contribution in [0.1, 0.15) is 110 Å². The van der Waals surface area contributed by atoms with Gasteiger partial charge in [0.25, 0.3) is 5.91 Å². The van der Waals surface area contributed by atoms with Crippen LogP contribution in [-0.2, 0) is 23.7 Å². The molecule has 1 spiro atoms. The van der Waals surface area contributed by atoms with Gasteiger partial charge in [-0.2, -0.15) is 10.5 Å². The maximum atomic E-state index is 16.6. The minimum Gasteiger partial charge on any atom is -0.465 e. The molecule has 8 rings (SSSR count). The maximum Gasteiger partial charge on any atom is 0.355 e. The number of benzene rings is 3. The summed E-state index contributed by atoms with van der Waals surface area (Å²) in [5.41, 5.74) is 0.744. The van der Waals surface area contributed by atoms with E-state index in [4.69, 9.17) is 9.26 Å². The SMILES string of the molecule is CCCOC(=O)[C@H](C)NP(=O)(Oc1ccccc1)[C@@H](F)c1ccc2sc(C(=O)N[C@H]3CCCC[C@H]4CC[C@@H](C(=O)N5C[C@H](c6cccc(C#N)c6)[C@@H](C#N)C56CC6)N4C3=O)cc2c1. The number of para-hydroxylation sites is 1. The van der Waals surface area contributed by atoms with Crippen molar-refractivity contribution in [2.45, 2.75) is 113 Å². The second-order valence-corrected chi connectivity index (χ2v) is 20.2. The fourth-order valence-electron chi connectivity index (χ4n) is 9.65. The highest BCUT2D eigenvalue weighted by molar-refractivity contribution is 7.57. The van der Waals surface area contributed by atoms with Crippen LogP contribution in [0.25, 0.3) is 10.1 Å². The van der Waals surface area contributed by atoms with E-state index in [0.717, 1.165) is 18.4 Å². The summed E-state index contributed by atoms with van der Waals surface area (Å²) in [7, 11) is -4.47. The molecule has 3 aliphatic heterocycles. The van der Waals surface area contributed by atoms with Crippen LogP contribution in [-0.4, -0.2) is 76.3 Å². The van der Waals surface area contributed by atoms with Crippen molar-refractivity contribution in [2.75, 3.05) is 13.2 Å².